The zero-order chi connectivity index (χ0) is 13.0. The second-order valence-electron chi connectivity index (χ2n) is 3.92. The molecule has 0 fully saturated rings. The molecule has 0 aliphatic rings. The summed E-state index contributed by atoms with van der Waals surface area (Å²) in [5.74, 6) is 0.707. The van der Waals surface area contributed by atoms with Gasteiger partial charge in [0, 0.05) is 24.2 Å². The largest absolute Gasteiger partial charge is 0.495 e. The molecule has 0 atom stereocenters. The van der Waals surface area contributed by atoms with Gasteiger partial charge in [0.25, 0.3) is 0 Å². The third-order valence-electron chi connectivity index (χ3n) is 2.51. The van der Waals surface area contributed by atoms with Crippen molar-refractivity contribution in [3.8, 4) is 5.75 Å². The molecule has 1 aromatic carbocycles. The summed E-state index contributed by atoms with van der Waals surface area (Å²) < 4.78 is 5.12. The average Bonchev–Trinajstić information content (AvgIpc) is 2.75. The van der Waals surface area contributed by atoms with Crippen LogP contribution in [-0.4, -0.2) is 12.1 Å². The molecule has 0 aliphatic heterocycles. The quantitative estimate of drug-likeness (QED) is 0.913. The molecule has 0 amide bonds. The minimum atomic E-state index is 0.644. The average molecular weight is 283 g/mol. The maximum absolute atomic E-state index is 6.07. The lowest BCUT2D eigenvalue weighted by Gasteiger charge is -2.06. The number of halogens is 1. The summed E-state index contributed by atoms with van der Waals surface area (Å²) in [6.07, 6.45) is 1.91. The molecule has 2 aromatic rings. The Hall–Kier alpha value is -1.10. The van der Waals surface area contributed by atoms with E-state index in [1.165, 1.54) is 4.88 Å². The molecule has 0 saturated heterocycles. The van der Waals surface area contributed by atoms with Crippen molar-refractivity contribution in [2.24, 2.45) is 0 Å². The van der Waals surface area contributed by atoms with Crippen molar-refractivity contribution in [3.05, 3.63) is 44.9 Å². The van der Waals surface area contributed by atoms with E-state index >= 15 is 0 Å². The van der Waals surface area contributed by atoms with Crippen LogP contribution in [0.15, 0.2) is 24.4 Å². The van der Waals surface area contributed by atoms with Crippen LogP contribution in [0.4, 0.5) is 0 Å². The van der Waals surface area contributed by atoms with Gasteiger partial charge in [-0.15, -0.1) is 11.3 Å². The van der Waals surface area contributed by atoms with Crippen molar-refractivity contribution in [1.29, 1.82) is 0 Å². The third-order valence-corrected chi connectivity index (χ3v) is 3.72. The highest BCUT2D eigenvalue weighted by Gasteiger charge is 2.02. The minimum absolute atomic E-state index is 0.644. The van der Waals surface area contributed by atoms with Crippen LogP contribution in [0.2, 0.25) is 5.02 Å². The standard InChI is InChI=1S/C13H15ClN2OS/c1-9-16-8-11(18-9)7-15-6-10-3-4-13(17-2)12(14)5-10/h3-5,8,15H,6-7H2,1-2H3. The van der Waals surface area contributed by atoms with Crippen molar-refractivity contribution < 1.29 is 4.74 Å². The first-order valence-corrected chi connectivity index (χ1v) is 6.83. The number of nitrogens with zero attached hydrogens (tertiary/aromatic N) is 1. The van der Waals surface area contributed by atoms with E-state index in [4.69, 9.17) is 16.3 Å². The fraction of sp³-hybridized carbons (Fsp3) is 0.308. The molecule has 18 heavy (non-hydrogen) atoms. The highest BCUT2D eigenvalue weighted by molar-refractivity contribution is 7.11. The number of ether oxygens (including phenoxy) is 1. The van der Waals surface area contributed by atoms with Gasteiger partial charge in [-0.2, -0.15) is 0 Å². The molecular formula is C13H15ClN2OS. The first kappa shape index (κ1) is 13.3. The zero-order valence-electron chi connectivity index (χ0n) is 10.4. The Bertz CT molecular complexity index is 527. The lowest BCUT2D eigenvalue weighted by molar-refractivity contribution is 0.415. The van der Waals surface area contributed by atoms with Crippen molar-refractivity contribution in [3.63, 3.8) is 0 Å². The van der Waals surface area contributed by atoms with Crippen LogP contribution in [0.25, 0.3) is 0 Å². The molecule has 5 heteroatoms. The van der Waals surface area contributed by atoms with Gasteiger partial charge in [0.15, 0.2) is 0 Å². The van der Waals surface area contributed by atoms with E-state index < -0.39 is 0 Å². The number of nitrogens with one attached hydrogen (secondary N) is 1. The summed E-state index contributed by atoms with van der Waals surface area (Å²) in [6.45, 7) is 3.62. The summed E-state index contributed by atoms with van der Waals surface area (Å²) in [6, 6.07) is 5.82. The first-order chi connectivity index (χ1) is 8.69. The molecule has 0 saturated carbocycles. The molecule has 1 aromatic heterocycles. The number of benzene rings is 1. The van der Waals surface area contributed by atoms with Gasteiger partial charge in [-0.3, -0.25) is 0 Å². The van der Waals surface area contributed by atoms with E-state index in [9.17, 15) is 0 Å². The molecule has 3 nitrogen and oxygen atoms in total. The third kappa shape index (κ3) is 3.45. The van der Waals surface area contributed by atoms with Crippen molar-refractivity contribution in [1.82, 2.24) is 10.3 Å². The highest BCUT2D eigenvalue weighted by atomic mass is 35.5. The SMILES string of the molecule is COc1ccc(CNCc2cnc(C)s2)cc1Cl. The molecule has 1 N–H and O–H groups in total. The van der Waals surface area contributed by atoms with E-state index in [1.54, 1.807) is 18.4 Å². The summed E-state index contributed by atoms with van der Waals surface area (Å²) in [7, 11) is 1.62. The Labute approximate surface area is 116 Å². The fourth-order valence-corrected chi connectivity index (χ4v) is 2.68. The summed E-state index contributed by atoms with van der Waals surface area (Å²) in [4.78, 5) is 5.46. The van der Waals surface area contributed by atoms with Gasteiger partial charge in [0.2, 0.25) is 0 Å². The predicted molar refractivity (Wildman–Crippen MR) is 75.4 cm³/mol. The normalized spacial score (nSPS) is 10.6. The van der Waals surface area contributed by atoms with Crippen LogP contribution in [0.1, 0.15) is 15.4 Å². The van der Waals surface area contributed by atoms with E-state index in [-0.39, 0.29) is 0 Å². The Morgan fingerprint density at radius 3 is 2.83 bits per heavy atom. The Morgan fingerprint density at radius 1 is 1.39 bits per heavy atom. The summed E-state index contributed by atoms with van der Waals surface area (Å²) >= 11 is 7.78. The van der Waals surface area contributed by atoms with E-state index in [2.05, 4.69) is 10.3 Å². The van der Waals surface area contributed by atoms with Crippen LogP contribution >= 0.6 is 22.9 Å². The maximum Gasteiger partial charge on any atom is 0.137 e. The Kier molecular flexibility index (Phi) is 4.58. The number of rotatable bonds is 5. The zero-order valence-corrected chi connectivity index (χ0v) is 11.9. The van der Waals surface area contributed by atoms with E-state index in [1.807, 2.05) is 31.3 Å². The lowest BCUT2D eigenvalue weighted by atomic mass is 10.2. The second-order valence-corrected chi connectivity index (χ2v) is 5.64. The number of methoxy groups -OCH3 is 1. The van der Waals surface area contributed by atoms with Crippen LogP contribution in [0.5, 0.6) is 5.75 Å². The topological polar surface area (TPSA) is 34.1 Å². The number of hydrogen-bond acceptors (Lipinski definition) is 4. The van der Waals surface area contributed by atoms with E-state index in [0.717, 1.165) is 23.7 Å². The van der Waals surface area contributed by atoms with Crippen LogP contribution in [-0.2, 0) is 13.1 Å². The monoisotopic (exact) mass is 282 g/mol. The maximum atomic E-state index is 6.07. The Balaban J connectivity index is 1.88. The number of thiazole rings is 1. The molecular weight excluding hydrogens is 268 g/mol. The van der Waals surface area contributed by atoms with Gasteiger partial charge in [0.05, 0.1) is 17.1 Å². The van der Waals surface area contributed by atoms with E-state index in [0.29, 0.717) is 10.8 Å². The van der Waals surface area contributed by atoms with Gasteiger partial charge in [-0.1, -0.05) is 17.7 Å². The second kappa shape index (κ2) is 6.18. The number of aromatic nitrogens is 1. The summed E-state index contributed by atoms with van der Waals surface area (Å²) in [5.41, 5.74) is 1.14. The van der Waals surface area contributed by atoms with Crippen molar-refractivity contribution in [2.45, 2.75) is 20.0 Å². The molecule has 0 spiro atoms. The smallest absolute Gasteiger partial charge is 0.137 e. The van der Waals surface area contributed by atoms with Crippen LogP contribution in [0, 0.1) is 6.92 Å². The minimum Gasteiger partial charge on any atom is -0.495 e. The molecule has 1 heterocycles. The predicted octanol–water partition coefficient (Wildman–Crippen LogP) is 3.40. The highest BCUT2D eigenvalue weighted by Crippen LogP contribution is 2.24. The Morgan fingerprint density at radius 2 is 2.22 bits per heavy atom. The number of hydrogen-bond donors (Lipinski definition) is 1. The molecule has 0 bridgehead atoms. The van der Waals surface area contributed by atoms with Gasteiger partial charge in [0.1, 0.15) is 5.75 Å². The van der Waals surface area contributed by atoms with Gasteiger partial charge < -0.3 is 10.1 Å². The molecule has 0 aliphatic carbocycles. The van der Waals surface area contributed by atoms with Gasteiger partial charge in [-0.25, -0.2) is 4.98 Å². The fourth-order valence-electron chi connectivity index (χ4n) is 1.64. The molecule has 0 unspecified atom stereocenters. The van der Waals surface area contributed by atoms with Gasteiger partial charge >= 0.3 is 0 Å². The van der Waals surface area contributed by atoms with Crippen molar-refractivity contribution >= 4 is 22.9 Å². The van der Waals surface area contributed by atoms with Crippen LogP contribution in [0.3, 0.4) is 0 Å². The summed E-state index contributed by atoms with van der Waals surface area (Å²) in [5, 5.41) is 5.11. The first-order valence-electron chi connectivity index (χ1n) is 5.63. The van der Waals surface area contributed by atoms with Crippen LogP contribution < -0.4 is 10.1 Å². The number of aryl methyl sites for hydroxylation is 1. The molecule has 2 rings (SSSR count). The molecule has 96 valence electrons. The van der Waals surface area contributed by atoms with Crippen molar-refractivity contribution in [2.75, 3.05) is 7.11 Å². The lowest BCUT2D eigenvalue weighted by Crippen LogP contribution is -2.11. The van der Waals surface area contributed by atoms with Gasteiger partial charge in [-0.05, 0) is 24.6 Å². The molecule has 0 radical (unpaired) electrons.